The maximum absolute atomic E-state index is 5.88. The Hall–Kier alpha value is -3.20. The molecule has 134 valence electrons. The highest BCUT2D eigenvalue weighted by Gasteiger charge is 2.01. The van der Waals surface area contributed by atoms with Gasteiger partial charge < -0.3 is 15.8 Å². The van der Waals surface area contributed by atoms with Gasteiger partial charge in [0.15, 0.2) is 0 Å². The third kappa shape index (κ3) is 6.02. The molecular formula is C23H26N2O. The summed E-state index contributed by atoms with van der Waals surface area (Å²) in [6.07, 6.45) is 5.62. The van der Waals surface area contributed by atoms with Crippen LogP contribution in [-0.2, 0) is 13.2 Å². The Bertz CT molecular complexity index is 804. The highest BCUT2D eigenvalue weighted by Crippen LogP contribution is 2.16. The minimum Gasteiger partial charge on any atom is -0.489 e. The smallest absolute Gasteiger partial charge is 0.120 e. The molecule has 0 fully saturated rings. The minimum absolute atomic E-state index is 0.532. The van der Waals surface area contributed by atoms with Gasteiger partial charge in [0.05, 0.1) is 0 Å². The molecule has 2 rings (SSSR count). The van der Waals surface area contributed by atoms with Crippen LogP contribution in [0.3, 0.4) is 0 Å². The Morgan fingerprint density at radius 2 is 1.85 bits per heavy atom. The normalized spacial score (nSPS) is 11.7. The molecule has 26 heavy (non-hydrogen) atoms. The lowest BCUT2D eigenvalue weighted by Crippen LogP contribution is -2.12. The first-order valence-corrected chi connectivity index (χ1v) is 8.57. The van der Waals surface area contributed by atoms with E-state index in [4.69, 9.17) is 10.5 Å². The van der Waals surface area contributed by atoms with E-state index in [9.17, 15) is 0 Å². The third-order valence-electron chi connectivity index (χ3n) is 3.86. The van der Waals surface area contributed by atoms with Gasteiger partial charge in [0, 0.05) is 17.9 Å². The van der Waals surface area contributed by atoms with Gasteiger partial charge in [-0.3, -0.25) is 0 Å². The summed E-state index contributed by atoms with van der Waals surface area (Å²) in [5.74, 6) is 0.849. The molecule has 0 aliphatic rings. The summed E-state index contributed by atoms with van der Waals surface area (Å²) in [5, 5.41) is 3.36. The van der Waals surface area contributed by atoms with E-state index in [2.05, 4.69) is 36.7 Å². The van der Waals surface area contributed by atoms with E-state index < -0.39 is 0 Å². The van der Waals surface area contributed by atoms with Crippen molar-refractivity contribution in [3.63, 3.8) is 0 Å². The third-order valence-corrected chi connectivity index (χ3v) is 3.86. The molecule has 2 aromatic rings. The van der Waals surface area contributed by atoms with Crippen molar-refractivity contribution < 1.29 is 4.74 Å². The molecule has 0 atom stereocenters. The maximum atomic E-state index is 5.88. The molecule has 0 heterocycles. The van der Waals surface area contributed by atoms with Gasteiger partial charge in [0.2, 0.25) is 0 Å². The number of ether oxygens (including phenoxy) is 1. The number of nitrogens with one attached hydrogen (secondary N) is 1. The monoisotopic (exact) mass is 346 g/mol. The lowest BCUT2D eigenvalue weighted by molar-refractivity contribution is 0.306. The van der Waals surface area contributed by atoms with Crippen LogP contribution in [0.15, 0.2) is 103 Å². The van der Waals surface area contributed by atoms with Gasteiger partial charge >= 0.3 is 0 Å². The summed E-state index contributed by atoms with van der Waals surface area (Å²) >= 11 is 0. The summed E-state index contributed by atoms with van der Waals surface area (Å²) in [6, 6.07) is 18.2. The average molecular weight is 346 g/mol. The molecule has 3 heteroatoms. The van der Waals surface area contributed by atoms with Gasteiger partial charge in [0.1, 0.15) is 12.4 Å². The number of allylic oxidation sites excluding steroid dienone is 3. The van der Waals surface area contributed by atoms with Crippen molar-refractivity contribution in [2.45, 2.75) is 20.1 Å². The first-order valence-electron chi connectivity index (χ1n) is 8.57. The fourth-order valence-electron chi connectivity index (χ4n) is 2.40. The summed E-state index contributed by atoms with van der Waals surface area (Å²) < 4.78 is 5.88. The first-order chi connectivity index (χ1) is 12.6. The molecular weight excluding hydrogens is 320 g/mol. The largest absolute Gasteiger partial charge is 0.489 e. The number of hydrogen-bond acceptors (Lipinski definition) is 3. The van der Waals surface area contributed by atoms with Gasteiger partial charge in [-0.15, -0.1) is 0 Å². The van der Waals surface area contributed by atoms with Crippen molar-refractivity contribution in [1.82, 2.24) is 5.32 Å². The number of hydrogen-bond donors (Lipinski definition) is 2. The minimum atomic E-state index is 0.532. The van der Waals surface area contributed by atoms with Gasteiger partial charge in [-0.2, -0.15) is 0 Å². The van der Waals surface area contributed by atoms with Crippen molar-refractivity contribution in [3.05, 3.63) is 114 Å². The van der Waals surface area contributed by atoms with Gasteiger partial charge in [-0.25, -0.2) is 0 Å². The van der Waals surface area contributed by atoms with Crippen LogP contribution in [0.4, 0.5) is 0 Å². The Labute approximate surface area is 156 Å². The fourth-order valence-corrected chi connectivity index (χ4v) is 2.40. The molecule has 0 unspecified atom stereocenters. The average Bonchev–Trinajstić information content (AvgIpc) is 2.67. The van der Waals surface area contributed by atoms with Crippen LogP contribution in [0.5, 0.6) is 5.75 Å². The first kappa shape index (κ1) is 19.1. The number of nitrogens with two attached hydrogens (primary N) is 1. The van der Waals surface area contributed by atoms with Gasteiger partial charge in [-0.05, 0) is 47.9 Å². The van der Waals surface area contributed by atoms with Gasteiger partial charge in [0.25, 0.3) is 0 Å². The summed E-state index contributed by atoms with van der Waals surface area (Å²) in [4.78, 5) is 0. The number of rotatable bonds is 9. The predicted molar refractivity (Wildman–Crippen MR) is 109 cm³/mol. The fraction of sp³-hybridized carbons (Fsp3) is 0.130. The van der Waals surface area contributed by atoms with Crippen LogP contribution in [-0.4, -0.2) is 0 Å². The van der Waals surface area contributed by atoms with E-state index in [0.29, 0.717) is 18.8 Å². The van der Waals surface area contributed by atoms with Crippen LogP contribution in [0.2, 0.25) is 0 Å². The molecule has 0 aliphatic carbocycles. The van der Waals surface area contributed by atoms with Gasteiger partial charge in [-0.1, -0.05) is 61.7 Å². The van der Waals surface area contributed by atoms with Crippen molar-refractivity contribution in [3.8, 4) is 5.75 Å². The highest BCUT2D eigenvalue weighted by molar-refractivity contribution is 5.40. The van der Waals surface area contributed by atoms with Crippen molar-refractivity contribution in [1.29, 1.82) is 0 Å². The predicted octanol–water partition coefficient (Wildman–Crippen LogP) is 4.84. The molecule has 0 amide bonds. The van der Waals surface area contributed by atoms with Crippen LogP contribution >= 0.6 is 0 Å². The lowest BCUT2D eigenvalue weighted by Gasteiger charge is -2.11. The van der Waals surface area contributed by atoms with Crippen molar-refractivity contribution in [2.75, 3.05) is 0 Å². The molecule has 0 radical (unpaired) electrons. The molecule has 2 aromatic carbocycles. The van der Waals surface area contributed by atoms with Crippen LogP contribution in [0.25, 0.3) is 0 Å². The zero-order chi connectivity index (χ0) is 18.8. The highest BCUT2D eigenvalue weighted by atomic mass is 16.5. The summed E-state index contributed by atoms with van der Waals surface area (Å²) in [7, 11) is 0. The Kier molecular flexibility index (Phi) is 7.31. The Morgan fingerprint density at radius 3 is 2.50 bits per heavy atom. The Balaban J connectivity index is 1.98. The second-order valence-electron chi connectivity index (χ2n) is 5.85. The van der Waals surface area contributed by atoms with Crippen LogP contribution in [0, 0.1) is 0 Å². The molecule has 0 bridgehead atoms. The molecule has 0 aliphatic heterocycles. The van der Waals surface area contributed by atoms with E-state index in [0.717, 1.165) is 28.1 Å². The Morgan fingerprint density at radius 1 is 1.12 bits per heavy atom. The van der Waals surface area contributed by atoms with Crippen molar-refractivity contribution in [2.24, 2.45) is 5.73 Å². The van der Waals surface area contributed by atoms with E-state index in [-0.39, 0.29) is 0 Å². The molecule has 3 N–H and O–H groups in total. The standard InChI is InChI=1S/C23H26N2O/c1-4-21(18(3)24)15-22(5-2)25-16-20-12-9-13-23(14-20)26-17-19-10-7-6-8-11-19/h4-15,25H,2-3,16-17,24H2,1H3/b21-4+,22-15+. The molecule has 0 saturated carbocycles. The SMILES string of the molecule is C=C/C(=C\C(=C/C)C(=C)N)NCc1cccc(OCc2ccccc2)c1. The summed E-state index contributed by atoms with van der Waals surface area (Å²) in [5.41, 5.74) is 10.3. The van der Waals surface area contributed by atoms with Crippen LogP contribution < -0.4 is 15.8 Å². The molecule has 0 spiro atoms. The van der Waals surface area contributed by atoms with E-state index >= 15 is 0 Å². The zero-order valence-electron chi connectivity index (χ0n) is 15.2. The zero-order valence-corrected chi connectivity index (χ0v) is 15.2. The second kappa shape index (κ2) is 9.94. The van der Waals surface area contributed by atoms with E-state index in [1.807, 2.05) is 55.5 Å². The maximum Gasteiger partial charge on any atom is 0.120 e. The topological polar surface area (TPSA) is 47.3 Å². The molecule has 0 aromatic heterocycles. The second-order valence-corrected chi connectivity index (χ2v) is 5.85. The lowest BCUT2D eigenvalue weighted by atomic mass is 10.1. The summed E-state index contributed by atoms with van der Waals surface area (Å²) in [6.45, 7) is 10.8. The van der Waals surface area contributed by atoms with Crippen molar-refractivity contribution >= 4 is 0 Å². The quantitative estimate of drug-likeness (QED) is 0.639. The van der Waals surface area contributed by atoms with Crippen LogP contribution in [0.1, 0.15) is 18.1 Å². The van der Waals surface area contributed by atoms with E-state index in [1.165, 1.54) is 0 Å². The van der Waals surface area contributed by atoms with E-state index in [1.54, 1.807) is 6.08 Å². The number of benzene rings is 2. The molecule has 0 saturated heterocycles. The molecule has 3 nitrogen and oxygen atoms in total.